The zero-order valence-electron chi connectivity index (χ0n) is 17.3. The van der Waals surface area contributed by atoms with Gasteiger partial charge in [0.25, 0.3) is 5.91 Å². The van der Waals surface area contributed by atoms with E-state index in [0.29, 0.717) is 16.9 Å². The molecule has 0 saturated carbocycles. The average molecular weight is 437 g/mol. The van der Waals surface area contributed by atoms with Gasteiger partial charge in [-0.2, -0.15) is 23.3 Å². The number of fused-ring (bicyclic) bond motifs is 1. The second kappa shape index (κ2) is 7.22. The lowest BCUT2D eigenvalue weighted by Crippen LogP contribution is -2.62. The Kier molecular flexibility index (Phi) is 4.91. The molecule has 0 atom stereocenters. The molecule has 0 bridgehead atoms. The molecule has 12 heteroatoms. The summed E-state index contributed by atoms with van der Waals surface area (Å²) < 4.78 is 41.0. The molecule has 0 spiro atoms. The number of carbonyl (C=O) groups excluding carboxylic acids is 1. The van der Waals surface area contributed by atoms with Crippen LogP contribution in [0.15, 0.2) is 29.3 Å². The third-order valence-corrected chi connectivity index (χ3v) is 5.46. The van der Waals surface area contributed by atoms with E-state index in [9.17, 15) is 22.8 Å². The summed E-state index contributed by atoms with van der Waals surface area (Å²) in [7, 11) is 0. The Bertz CT molecular complexity index is 1190. The molecule has 1 N–H and O–H groups in total. The van der Waals surface area contributed by atoms with Gasteiger partial charge < -0.3 is 4.90 Å². The highest BCUT2D eigenvalue weighted by molar-refractivity contribution is 5.95. The van der Waals surface area contributed by atoms with Gasteiger partial charge in [0.05, 0.1) is 29.5 Å². The van der Waals surface area contributed by atoms with E-state index in [1.807, 2.05) is 0 Å². The number of piperazine rings is 1. The summed E-state index contributed by atoms with van der Waals surface area (Å²) >= 11 is 0. The molecule has 4 rings (SSSR count). The topological polar surface area (TPSA) is 91.5 Å². The first-order valence-corrected chi connectivity index (χ1v) is 9.70. The van der Waals surface area contributed by atoms with Gasteiger partial charge in [0.15, 0.2) is 0 Å². The van der Waals surface area contributed by atoms with Crippen LogP contribution in [0.4, 0.5) is 13.2 Å². The molecular formula is C19H22F3N7O2. The van der Waals surface area contributed by atoms with E-state index >= 15 is 0 Å². The smallest absolute Gasteiger partial charge is 0.331 e. The average Bonchev–Trinajstić information content (AvgIpc) is 3.25. The Hall–Kier alpha value is -3.15. The molecule has 1 saturated heterocycles. The molecule has 1 fully saturated rings. The van der Waals surface area contributed by atoms with E-state index in [1.54, 1.807) is 44.0 Å². The van der Waals surface area contributed by atoms with Crippen LogP contribution >= 0.6 is 0 Å². The molecule has 0 unspecified atom stereocenters. The lowest BCUT2D eigenvalue weighted by molar-refractivity contribution is -0.153. The van der Waals surface area contributed by atoms with Gasteiger partial charge in [0.2, 0.25) is 5.95 Å². The van der Waals surface area contributed by atoms with Crippen LogP contribution in [-0.4, -0.2) is 77.8 Å². The normalized spacial score (nSPS) is 17.4. The van der Waals surface area contributed by atoms with E-state index in [1.165, 1.54) is 20.2 Å². The predicted molar refractivity (Wildman–Crippen MR) is 105 cm³/mol. The van der Waals surface area contributed by atoms with E-state index < -0.39 is 23.9 Å². The van der Waals surface area contributed by atoms with Crippen molar-refractivity contribution in [1.82, 2.24) is 33.9 Å². The Morgan fingerprint density at radius 2 is 2.03 bits per heavy atom. The molecule has 166 valence electrons. The number of alkyl halides is 3. The summed E-state index contributed by atoms with van der Waals surface area (Å²) in [6, 6.07) is 3.36. The molecule has 0 radical (unpaired) electrons. The fraction of sp³-hybridized carbons (Fsp3) is 0.474. The summed E-state index contributed by atoms with van der Waals surface area (Å²) in [6.45, 7) is 4.55. The van der Waals surface area contributed by atoms with Gasteiger partial charge in [-0.15, -0.1) is 0 Å². The fourth-order valence-corrected chi connectivity index (χ4v) is 4.03. The molecule has 4 heterocycles. The van der Waals surface area contributed by atoms with Crippen LogP contribution in [-0.2, 0) is 0 Å². The minimum absolute atomic E-state index is 0.102. The number of halogens is 3. The third-order valence-electron chi connectivity index (χ3n) is 5.46. The van der Waals surface area contributed by atoms with Crippen LogP contribution in [0.5, 0.6) is 0 Å². The summed E-state index contributed by atoms with van der Waals surface area (Å²) in [5.41, 5.74) is 0.0120. The molecule has 9 nitrogen and oxygen atoms in total. The summed E-state index contributed by atoms with van der Waals surface area (Å²) in [4.78, 5) is 35.3. The number of rotatable bonds is 3. The standard InChI is InChI=1S/C19H22F3N7O2/c1-12-13(9-23-29(12)16-24-14-5-4-6-27(14)17(31)25-16)15(30)28-8-7-26(10-18(28,2)3)11-19(20,21)22/h4-6,9H,7-8,10-11H2,1-3H3,(H,24,25,31). The molecule has 0 aliphatic carbocycles. The highest BCUT2D eigenvalue weighted by atomic mass is 19.4. The van der Waals surface area contributed by atoms with Gasteiger partial charge >= 0.3 is 11.9 Å². The summed E-state index contributed by atoms with van der Waals surface area (Å²) in [6.07, 6.45) is -1.32. The quantitative estimate of drug-likeness (QED) is 0.672. The highest BCUT2D eigenvalue weighted by Gasteiger charge is 2.41. The van der Waals surface area contributed by atoms with E-state index in [2.05, 4.69) is 15.1 Å². The van der Waals surface area contributed by atoms with Gasteiger partial charge in [0.1, 0.15) is 5.65 Å². The molecule has 31 heavy (non-hydrogen) atoms. The second-order valence-corrected chi connectivity index (χ2v) is 8.25. The number of hydrogen-bond donors (Lipinski definition) is 1. The van der Waals surface area contributed by atoms with Gasteiger partial charge in [0, 0.05) is 25.8 Å². The molecule has 3 aromatic rings. The Morgan fingerprint density at radius 3 is 2.71 bits per heavy atom. The maximum absolute atomic E-state index is 13.2. The van der Waals surface area contributed by atoms with E-state index in [0.717, 1.165) is 0 Å². The number of hydrogen-bond acceptors (Lipinski definition) is 5. The van der Waals surface area contributed by atoms with Gasteiger partial charge in [-0.3, -0.25) is 19.1 Å². The van der Waals surface area contributed by atoms with Crippen molar-refractivity contribution in [2.75, 3.05) is 26.2 Å². The summed E-state index contributed by atoms with van der Waals surface area (Å²) in [5, 5.41) is 4.21. The Labute approximate surface area is 175 Å². The first-order valence-electron chi connectivity index (χ1n) is 9.70. The molecular weight excluding hydrogens is 415 g/mol. The van der Waals surface area contributed by atoms with Gasteiger partial charge in [-0.1, -0.05) is 0 Å². The zero-order chi connectivity index (χ0) is 22.6. The maximum Gasteiger partial charge on any atom is 0.401 e. The second-order valence-electron chi connectivity index (χ2n) is 8.25. The van der Waals surface area contributed by atoms with Gasteiger partial charge in [-0.05, 0) is 32.9 Å². The fourth-order valence-electron chi connectivity index (χ4n) is 4.03. The first kappa shape index (κ1) is 21.1. The van der Waals surface area contributed by atoms with E-state index in [4.69, 9.17) is 0 Å². The minimum atomic E-state index is -4.29. The molecule has 1 amide bonds. The van der Waals surface area contributed by atoms with Crippen molar-refractivity contribution in [3.8, 4) is 5.95 Å². The minimum Gasteiger partial charge on any atom is -0.331 e. The Balaban J connectivity index is 1.60. The number of amides is 1. The molecule has 0 aromatic carbocycles. The number of nitrogens with one attached hydrogen (secondary N) is 1. The van der Waals surface area contributed by atoms with Crippen LogP contribution in [0.25, 0.3) is 11.6 Å². The molecule has 1 aliphatic rings. The van der Waals surface area contributed by atoms with Crippen molar-refractivity contribution >= 4 is 11.6 Å². The number of aromatic nitrogens is 5. The summed E-state index contributed by atoms with van der Waals surface area (Å²) in [5.74, 6) is -0.159. The van der Waals surface area contributed by atoms with Crippen molar-refractivity contribution in [1.29, 1.82) is 0 Å². The Morgan fingerprint density at radius 1 is 1.29 bits per heavy atom. The number of nitrogens with zero attached hydrogens (tertiary/aromatic N) is 6. The van der Waals surface area contributed by atoms with Crippen LogP contribution in [0.1, 0.15) is 29.9 Å². The first-order chi connectivity index (χ1) is 14.5. The lowest BCUT2D eigenvalue weighted by Gasteiger charge is -2.47. The van der Waals surface area contributed by atoms with Crippen molar-refractivity contribution in [3.63, 3.8) is 0 Å². The monoisotopic (exact) mass is 437 g/mol. The van der Waals surface area contributed by atoms with E-state index in [-0.39, 0.29) is 31.5 Å². The highest BCUT2D eigenvalue weighted by Crippen LogP contribution is 2.27. The van der Waals surface area contributed by atoms with Crippen LogP contribution < -0.4 is 5.69 Å². The van der Waals surface area contributed by atoms with Crippen molar-refractivity contribution in [2.24, 2.45) is 0 Å². The molecule has 3 aromatic heterocycles. The third kappa shape index (κ3) is 3.94. The zero-order valence-corrected chi connectivity index (χ0v) is 17.3. The molecule has 1 aliphatic heterocycles. The van der Waals surface area contributed by atoms with Crippen LogP contribution in [0.3, 0.4) is 0 Å². The van der Waals surface area contributed by atoms with Gasteiger partial charge in [-0.25, -0.2) is 9.48 Å². The SMILES string of the molecule is Cc1c(C(=O)N2CCN(CC(F)(F)F)CC2(C)C)cnn1-c1nc2cccn2c(=O)[nH]1. The van der Waals surface area contributed by atoms with Crippen molar-refractivity contribution in [3.05, 3.63) is 46.3 Å². The maximum atomic E-state index is 13.2. The van der Waals surface area contributed by atoms with Crippen LogP contribution in [0.2, 0.25) is 0 Å². The largest absolute Gasteiger partial charge is 0.401 e. The van der Waals surface area contributed by atoms with Crippen molar-refractivity contribution in [2.45, 2.75) is 32.5 Å². The lowest BCUT2D eigenvalue weighted by atomic mass is 9.97. The number of H-pyrrole nitrogens is 1. The predicted octanol–water partition coefficient (Wildman–Crippen LogP) is 1.62. The van der Waals surface area contributed by atoms with Crippen molar-refractivity contribution < 1.29 is 18.0 Å². The number of aromatic amines is 1. The number of carbonyl (C=O) groups is 1. The van der Waals surface area contributed by atoms with Crippen LogP contribution in [0, 0.1) is 6.92 Å².